The molecule has 0 aliphatic heterocycles. The summed E-state index contributed by atoms with van der Waals surface area (Å²) in [5, 5.41) is 3.15. The number of aromatic nitrogens is 2. The van der Waals surface area contributed by atoms with E-state index in [1.165, 1.54) is 0 Å². The van der Waals surface area contributed by atoms with E-state index in [-0.39, 0.29) is 5.37 Å². The average Bonchev–Trinajstić information content (AvgIpc) is 2.55. The van der Waals surface area contributed by atoms with E-state index >= 15 is 0 Å². The third-order valence-corrected chi connectivity index (χ3v) is 2.77. The van der Waals surface area contributed by atoms with Crippen LogP contribution in [0.1, 0.15) is 16.8 Å². The first-order valence-electron chi connectivity index (χ1n) is 4.52. The van der Waals surface area contributed by atoms with Gasteiger partial charge in [0.15, 0.2) is 0 Å². The third kappa shape index (κ3) is 1.63. The molecule has 0 fully saturated rings. The molecule has 0 bridgehead atoms. The maximum Gasteiger partial charge on any atom is 0.104 e. The molecule has 0 spiro atoms. The van der Waals surface area contributed by atoms with Crippen molar-refractivity contribution < 1.29 is 0 Å². The molecule has 1 aromatic carbocycles. The van der Waals surface area contributed by atoms with Gasteiger partial charge in [-0.3, -0.25) is 0 Å². The lowest BCUT2D eigenvalue weighted by Gasteiger charge is -2.08. The summed E-state index contributed by atoms with van der Waals surface area (Å²) in [7, 11) is 1.89. The predicted octanol–water partition coefficient (Wildman–Crippen LogP) is 2.02. The van der Waals surface area contributed by atoms with Crippen molar-refractivity contribution in [1.29, 1.82) is 0 Å². The van der Waals surface area contributed by atoms with Gasteiger partial charge in [0.05, 0.1) is 16.4 Å². The lowest BCUT2D eigenvalue weighted by Crippen LogP contribution is -2.09. The summed E-state index contributed by atoms with van der Waals surface area (Å²) in [4.78, 5) is 7.54. The Labute approximate surface area is 88.3 Å². The lowest BCUT2D eigenvalue weighted by molar-refractivity contribution is 0.801. The first kappa shape index (κ1) is 9.55. The SMILES string of the molecule is CNC(S)c1ccc2nc(C)[nH]c2c1. The van der Waals surface area contributed by atoms with Gasteiger partial charge in [-0.15, -0.1) is 0 Å². The van der Waals surface area contributed by atoms with E-state index in [0.717, 1.165) is 22.4 Å². The molecule has 2 aromatic rings. The molecule has 14 heavy (non-hydrogen) atoms. The molecule has 4 heteroatoms. The summed E-state index contributed by atoms with van der Waals surface area (Å²) in [6.07, 6.45) is 0. The molecular formula is C10H13N3S. The highest BCUT2D eigenvalue weighted by Gasteiger charge is 2.05. The second-order valence-electron chi connectivity index (χ2n) is 3.29. The quantitative estimate of drug-likeness (QED) is 0.521. The van der Waals surface area contributed by atoms with Crippen molar-refractivity contribution in [2.24, 2.45) is 0 Å². The molecule has 0 amide bonds. The molecule has 2 N–H and O–H groups in total. The molecule has 1 aromatic heterocycles. The largest absolute Gasteiger partial charge is 0.342 e. The number of nitrogens with one attached hydrogen (secondary N) is 2. The van der Waals surface area contributed by atoms with Gasteiger partial charge in [0, 0.05) is 0 Å². The minimum absolute atomic E-state index is 0.0722. The van der Waals surface area contributed by atoms with Gasteiger partial charge in [0.25, 0.3) is 0 Å². The highest BCUT2D eigenvalue weighted by atomic mass is 32.1. The lowest BCUT2D eigenvalue weighted by atomic mass is 10.2. The van der Waals surface area contributed by atoms with Crippen molar-refractivity contribution in [3.63, 3.8) is 0 Å². The zero-order valence-corrected chi connectivity index (χ0v) is 9.10. The van der Waals surface area contributed by atoms with E-state index in [1.807, 2.05) is 26.1 Å². The molecule has 1 unspecified atom stereocenters. The van der Waals surface area contributed by atoms with Crippen molar-refractivity contribution in [3.05, 3.63) is 29.6 Å². The number of aromatic amines is 1. The van der Waals surface area contributed by atoms with Crippen LogP contribution in [0.4, 0.5) is 0 Å². The number of hydrogen-bond donors (Lipinski definition) is 3. The number of H-pyrrole nitrogens is 1. The number of thiol groups is 1. The number of imidazole rings is 1. The molecule has 0 radical (unpaired) electrons. The van der Waals surface area contributed by atoms with Crippen LogP contribution in [0.3, 0.4) is 0 Å². The zero-order valence-electron chi connectivity index (χ0n) is 8.20. The predicted molar refractivity (Wildman–Crippen MR) is 61.6 cm³/mol. The Bertz CT molecular complexity index is 450. The van der Waals surface area contributed by atoms with Crippen LogP contribution in [-0.2, 0) is 0 Å². The van der Waals surface area contributed by atoms with Crippen LogP contribution >= 0.6 is 12.6 Å². The van der Waals surface area contributed by atoms with Crippen molar-refractivity contribution in [2.75, 3.05) is 7.05 Å². The summed E-state index contributed by atoms with van der Waals surface area (Å²) in [5.74, 6) is 0.942. The maximum atomic E-state index is 4.41. The third-order valence-electron chi connectivity index (χ3n) is 2.21. The monoisotopic (exact) mass is 207 g/mol. The molecule has 0 saturated carbocycles. The fraction of sp³-hybridized carbons (Fsp3) is 0.300. The van der Waals surface area contributed by atoms with Crippen LogP contribution in [0, 0.1) is 6.92 Å². The summed E-state index contributed by atoms with van der Waals surface area (Å²) >= 11 is 4.41. The molecule has 3 nitrogen and oxygen atoms in total. The van der Waals surface area contributed by atoms with Gasteiger partial charge in [-0.2, -0.15) is 12.6 Å². The fourth-order valence-electron chi connectivity index (χ4n) is 1.49. The summed E-state index contributed by atoms with van der Waals surface area (Å²) in [6.45, 7) is 1.95. The first-order chi connectivity index (χ1) is 6.70. The topological polar surface area (TPSA) is 40.7 Å². The Morgan fingerprint density at radius 2 is 2.29 bits per heavy atom. The molecule has 2 rings (SSSR count). The van der Waals surface area contributed by atoms with Crippen molar-refractivity contribution in [2.45, 2.75) is 12.3 Å². The first-order valence-corrected chi connectivity index (χ1v) is 5.04. The second kappa shape index (κ2) is 3.63. The van der Waals surface area contributed by atoms with Crippen LogP contribution < -0.4 is 5.32 Å². The van der Waals surface area contributed by atoms with E-state index in [2.05, 4.69) is 34.0 Å². The smallest absolute Gasteiger partial charge is 0.104 e. The van der Waals surface area contributed by atoms with E-state index in [0.29, 0.717) is 0 Å². The second-order valence-corrected chi connectivity index (χ2v) is 3.81. The number of aryl methyl sites for hydroxylation is 1. The summed E-state index contributed by atoms with van der Waals surface area (Å²) < 4.78 is 0. The van der Waals surface area contributed by atoms with Gasteiger partial charge in [-0.1, -0.05) is 6.07 Å². The standard InChI is InChI=1S/C10H13N3S/c1-6-12-8-4-3-7(10(14)11-2)5-9(8)13-6/h3-5,10-11,14H,1-2H3,(H,12,13). The summed E-state index contributed by atoms with van der Waals surface area (Å²) in [6, 6.07) is 6.12. The van der Waals surface area contributed by atoms with E-state index in [1.54, 1.807) is 0 Å². The zero-order chi connectivity index (χ0) is 10.1. The van der Waals surface area contributed by atoms with Gasteiger partial charge in [-0.05, 0) is 31.7 Å². The molecule has 0 aliphatic carbocycles. The summed E-state index contributed by atoms with van der Waals surface area (Å²) in [5.41, 5.74) is 3.21. The Morgan fingerprint density at radius 1 is 1.50 bits per heavy atom. The number of fused-ring (bicyclic) bond motifs is 1. The van der Waals surface area contributed by atoms with Crippen LogP contribution in [0.25, 0.3) is 11.0 Å². The van der Waals surface area contributed by atoms with Crippen molar-refractivity contribution >= 4 is 23.7 Å². The fourth-order valence-corrected chi connectivity index (χ4v) is 1.65. The minimum Gasteiger partial charge on any atom is -0.342 e. The Hall–Kier alpha value is -1.00. The van der Waals surface area contributed by atoms with E-state index in [4.69, 9.17) is 0 Å². The Balaban J connectivity index is 2.50. The Kier molecular flexibility index (Phi) is 2.48. The number of benzene rings is 1. The molecule has 1 heterocycles. The Morgan fingerprint density at radius 3 is 3.00 bits per heavy atom. The number of rotatable bonds is 2. The normalized spacial score (nSPS) is 13.4. The molecule has 0 saturated heterocycles. The van der Waals surface area contributed by atoms with Crippen LogP contribution in [0.15, 0.2) is 18.2 Å². The van der Waals surface area contributed by atoms with Crippen LogP contribution in [0.5, 0.6) is 0 Å². The maximum absolute atomic E-state index is 4.41. The van der Waals surface area contributed by atoms with Gasteiger partial charge in [0.2, 0.25) is 0 Å². The van der Waals surface area contributed by atoms with Crippen molar-refractivity contribution in [3.8, 4) is 0 Å². The van der Waals surface area contributed by atoms with Gasteiger partial charge in [0.1, 0.15) is 5.82 Å². The average molecular weight is 207 g/mol. The molecule has 1 atom stereocenters. The highest BCUT2D eigenvalue weighted by Crippen LogP contribution is 2.20. The van der Waals surface area contributed by atoms with Gasteiger partial charge < -0.3 is 10.3 Å². The minimum atomic E-state index is 0.0722. The van der Waals surface area contributed by atoms with Crippen LogP contribution in [0.2, 0.25) is 0 Å². The number of hydrogen-bond acceptors (Lipinski definition) is 3. The molecular weight excluding hydrogens is 194 g/mol. The molecule has 0 aliphatic rings. The van der Waals surface area contributed by atoms with Crippen LogP contribution in [-0.4, -0.2) is 17.0 Å². The van der Waals surface area contributed by atoms with Gasteiger partial charge >= 0.3 is 0 Å². The van der Waals surface area contributed by atoms with Crippen molar-refractivity contribution in [1.82, 2.24) is 15.3 Å². The molecule has 74 valence electrons. The number of nitrogens with zero attached hydrogens (tertiary/aromatic N) is 1. The van der Waals surface area contributed by atoms with Gasteiger partial charge in [-0.25, -0.2) is 4.98 Å². The van der Waals surface area contributed by atoms with E-state index < -0.39 is 0 Å². The highest BCUT2D eigenvalue weighted by molar-refractivity contribution is 7.80. The van der Waals surface area contributed by atoms with E-state index in [9.17, 15) is 0 Å².